The molecule has 0 bridgehead atoms. The van der Waals surface area contributed by atoms with Crippen molar-refractivity contribution in [3.8, 4) is 17.2 Å². The van der Waals surface area contributed by atoms with Gasteiger partial charge in [-0.25, -0.2) is 4.98 Å². The van der Waals surface area contributed by atoms with Crippen LogP contribution >= 0.6 is 0 Å². The van der Waals surface area contributed by atoms with Gasteiger partial charge in [0, 0.05) is 31.4 Å². The predicted molar refractivity (Wildman–Crippen MR) is 120 cm³/mol. The van der Waals surface area contributed by atoms with Gasteiger partial charge in [0.25, 0.3) is 0 Å². The number of carboxylic acids is 1. The van der Waals surface area contributed by atoms with Gasteiger partial charge in [0.15, 0.2) is 0 Å². The molecule has 0 saturated heterocycles. The number of benzene rings is 2. The fourth-order valence-corrected chi connectivity index (χ4v) is 3.29. The number of aliphatic carboxylic acids is 1. The van der Waals surface area contributed by atoms with E-state index in [1.807, 2.05) is 55.5 Å². The quantitative estimate of drug-likeness (QED) is 0.464. The summed E-state index contributed by atoms with van der Waals surface area (Å²) < 4.78 is 11.7. The number of carboxylic acid groups (broad SMARTS) is 1. The molecule has 168 valence electrons. The second kappa shape index (κ2) is 11.1. The molecule has 1 amide bonds. The highest BCUT2D eigenvalue weighted by Gasteiger charge is 2.12. The average Bonchev–Trinajstić information content (AvgIpc) is 3.17. The van der Waals surface area contributed by atoms with E-state index in [1.165, 1.54) is 0 Å². The van der Waals surface area contributed by atoms with Crippen LogP contribution in [0.5, 0.6) is 5.75 Å². The summed E-state index contributed by atoms with van der Waals surface area (Å²) in [5.74, 6) is 1.10. The molecule has 0 aliphatic heterocycles. The zero-order valence-electron chi connectivity index (χ0n) is 18.4. The largest absolute Gasteiger partial charge is 0.493 e. The maximum absolute atomic E-state index is 11.7. The van der Waals surface area contributed by atoms with Gasteiger partial charge in [-0.1, -0.05) is 31.2 Å². The summed E-state index contributed by atoms with van der Waals surface area (Å²) in [6.07, 6.45) is 1.41. The Morgan fingerprint density at radius 3 is 2.59 bits per heavy atom. The number of aryl methyl sites for hydroxylation is 2. The third-order valence-electron chi connectivity index (χ3n) is 5.10. The van der Waals surface area contributed by atoms with Gasteiger partial charge in [-0.2, -0.15) is 0 Å². The van der Waals surface area contributed by atoms with Crippen molar-refractivity contribution in [2.75, 3.05) is 6.61 Å². The Morgan fingerprint density at radius 1 is 1.09 bits per heavy atom. The lowest BCUT2D eigenvalue weighted by atomic mass is 10.0. The van der Waals surface area contributed by atoms with Crippen molar-refractivity contribution in [3.63, 3.8) is 0 Å². The van der Waals surface area contributed by atoms with Crippen LogP contribution in [-0.4, -0.2) is 28.6 Å². The highest BCUT2D eigenvalue weighted by atomic mass is 16.5. The van der Waals surface area contributed by atoms with E-state index in [2.05, 4.69) is 10.3 Å². The molecule has 0 fully saturated rings. The van der Waals surface area contributed by atoms with Gasteiger partial charge in [-0.05, 0) is 48.7 Å². The number of nitrogens with zero attached hydrogens (tertiary/aromatic N) is 1. The Balaban J connectivity index is 1.64. The number of carbonyl (C=O) groups excluding carboxylic acids is 1. The van der Waals surface area contributed by atoms with Crippen molar-refractivity contribution >= 4 is 11.9 Å². The second-order valence-electron chi connectivity index (χ2n) is 7.44. The van der Waals surface area contributed by atoms with Gasteiger partial charge in [-0.15, -0.1) is 0 Å². The fourth-order valence-electron chi connectivity index (χ4n) is 3.29. The van der Waals surface area contributed by atoms with Crippen LogP contribution in [0.3, 0.4) is 0 Å². The molecule has 0 saturated carbocycles. The standard InChI is InChI=1S/C25H28N2O5/c1-3-23(28)26-16-20-15-21(11-9-18(20)10-12-24(29)30)31-14-13-22-17(2)32-25(27-22)19-7-5-4-6-8-19/h4-9,11,15H,3,10,12-14,16H2,1-2H3,(H,26,28)(H,29,30). The zero-order chi connectivity index (χ0) is 22.9. The Hall–Kier alpha value is -3.61. The molecule has 2 aromatic carbocycles. The van der Waals surface area contributed by atoms with Gasteiger partial charge < -0.3 is 19.6 Å². The van der Waals surface area contributed by atoms with Crippen LogP contribution < -0.4 is 10.1 Å². The molecule has 0 aliphatic rings. The summed E-state index contributed by atoms with van der Waals surface area (Å²) in [6, 6.07) is 15.3. The van der Waals surface area contributed by atoms with E-state index in [1.54, 1.807) is 6.92 Å². The maximum atomic E-state index is 11.7. The predicted octanol–water partition coefficient (Wildman–Crippen LogP) is 4.31. The summed E-state index contributed by atoms with van der Waals surface area (Å²) in [6.45, 7) is 4.42. The van der Waals surface area contributed by atoms with Crippen LogP contribution in [0.2, 0.25) is 0 Å². The smallest absolute Gasteiger partial charge is 0.303 e. The van der Waals surface area contributed by atoms with Crippen LogP contribution in [0.1, 0.15) is 42.3 Å². The third kappa shape index (κ3) is 6.44. The van der Waals surface area contributed by atoms with Crippen molar-refractivity contribution in [2.45, 2.75) is 46.1 Å². The zero-order valence-corrected chi connectivity index (χ0v) is 18.4. The molecule has 0 radical (unpaired) electrons. The lowest BCUT2D eigenvalue weighted by Gasteiger charge is -2.13. The maximum Gasteiger partial charge on any atom is 0.303 e. The molecular weight excluding hydrogens is 408 g/mol. The van der Waals surface area contributed by atoms with E-state index >= 15 is 0 Å². The molecule has 0 spiro atoms. The van der Waals surface area contributed by atoms with E-state index in [0.29, 0.717) is 44.1 Å². The molecule has 0 unspecified atom stereocenters. The number of amides is 1. The van der Waals surface area contributed by atoms with Crippen molar-refractivity contribution in [1.82, 2.24) is 10.3 Å². The number of aromatic nitrogens is 1. The molecule has 0 atom stereocenters. The topological polar surface area (TPSA) is 102 Å². The van der Waals surface area contributed by atoms with Crippen LogP contribution in [-0.2, 0) is 29.0 Å². The van der Waals surface area contributed by atoms with Crippen LogP contribution in [0.15, 0.2) is 52.9 Å². The lowest BCUT2D eigenvalue weighted by molar-refractivity contribution is -0.137. The average molecular weight is 437 g/mol. The Bertz CT molecular complexity index is 1060. The van der Waals surface area contributed by atoms with Crippen molar-refractivity contribution in [3.05, 3.63) is 71.1 Å². The number of oxazole rings is 1. The van der Waals surface area contributed by atoms with E-state index in [-0.39, 0.29) is 12.3 Å². The van der Waals surface area contributed by atoms with Gasteiger partial charge in [0.05, 0.1) is 12.3 Å². The van der Waals surface area contributed by atoms with E-state index in [4.69, 9.17) is 14.3 Å². The van der Waals surface area contributed by atoms with E-state index in [9.17, 15) is 9.59 Å². The fraction of sp³-hybridized carbons (Fsp3) is 0.320. The summed E-state index contributed by atoms with van der Waals surface area (Å²) in [5.41, 5.74) is 3.52. The second-order valence-corrected chi connectivity index (χ2v) is 7.44. The molecular formula is C25H28N2O5. The Morgan fingerprint density at radius 2 is 1.88 bits per heavy atom. The van der Waals surface area contributed by atoms with Crippen molar-refractivity contribution in [2.24, 2.45) is 0 Å². The van der Waals surface area contributed by atoms with E-state index < -0.39 is 5.97 Å². The van der Waals surface area contributed by atoms with Crippen LogP contribution in [0.4, 0.5) is 0 Å². The van der Waals surface area contributed by atoms with Crippen molar-refractivity contribution in [1.29, 1.82) is 0 Å². The molecule has 2 N–H and O–H groups in total. The first-order valence-corrected chi connectivity index (χ1v) is 10.7. The minimum Gasteiger partial charge on any atom is -0.493 e. The highest BCUT2D eigenvalue weighted by molar-refractivity contribution is 5.75. The number of hydrogen-bond donors (Lipinski definition) is 2. The SMILES string of the molecule is CCC(=O)NCc1cc(OCCc2nc(-c3ccccc3)oc2C)ccc1CCC(=O)O. The van der Waals surface area contributed by atoms with Crippen molar-refractivity contribution < 1.29 is 23.8 Å². The molecule has 3 aromatic rings. The first-order chi connectivity index (χ1) is 15.5. The molecule has 1 heterocycles. The van der Waals surface area contributed by atoms with Crippen LogP contribution in [0.25, 0.3) is 11.5 Å². The van der Waals surface area contributed by atoms with Gasteiger partial charge in [-0.3, -0.25) is 9.59 Å². The Kier molecular flexibility index (Phi) is 8.02. The number of rotatable bonds is 11. The number of carbonyl (C=O) groups is 2. The third-order valence-corrected chi connectivity index (χ3v) is 5.10. The van der Waals surface area contributed by atoms with Gasteiger partial charge in [0.1, 0.15) is 11.5 Å². The normalized spacial score (nSPS) is 10.7. The van der Waals surface area contributed by atoms with Gasteiger partial charge in [0.2, 0.25) is 11.8 Å². The molecule has 3 rings (SSSR count). The minimum atomic E-state index is -0.855. The summed E-state index contributed by atoms with van der Waals surface area (Å²) in [7, 11) is 0. The number of nitrogens with one attached hydrogen (secondary N) is 1. The number of ether oxygens (including phenoxy) is 1. The van der Waals surface area contributed by atoms with E-state index in [0.717, 1.165) is 28.1 Å². The molecule has 7 nitrogen and oxygen atoms in total. The monoisotopic (exact) mass is 436 g/mol. The molecule has 1 aromatic heterocycles. The first kappa shape index (κ1) is 23.1. The Labute approximate surface area is 187 Å². The molecule has 7 heteroatoms. The molecule has 0 aliphatic carbocycles. The highest BCUT2D eigenvalue weighted by Crippen LogP contribution is 2.23. The van der Waals surface area contributed by atoms with Crippen LogP contribution in [0, 0.1) is 6.92 Å². The summed E-state index contributed by atoms with van der Waals surface area (Å²) >= 11 is 0. The molecule has 32 heavy (non-hydrogen) atoms. The number of hydrogen-bond acceptors (Lipinski definition) is 5. The lowest BCUT2D eigenvalue weighted by Crippen LogP contribution is -2.22. The summed E-state index contributed by atoms with van der Waals surface area (Å²) in [4.78, 5) is 27.2. The minimum absolute atomic E-state index is 0.0319. The summed E-state index contributed by atoms with van der Waals surface area (Å²) in [5, 5.41) is 11.8. The van der Waals surface area contributed by atoms with Gasteiger partial charge >= 0.3 is 5.97 Å². The first-order valence-electron chi connectivity index (χ1n) is 10.7.